The molecule has 136 valence electrons. The van der Waals surface area contributed by atoms with Crippen molar-refractivity contribution in [3.63, 3.8) is 0 Å². The lowest BCUT2D eigenvalue weighted by Gasteiger charge is -2.08. The number of fused-ring (bicyclic) bond motifs is 1. The molecule has 3 aromatic rings. The third-order valence-corrected chi connectivity index (χ3v) is 4.86. The van der Waals surface area contributed by atoms with Gasteiger partial charge in [0.1, 0.15) is 16.8 Å². The summed E-state index contributed by atoms with van der Waals surface area (Å²) in [6.07, 6.45) is 0. The quantitative estimate of drug-likeness (QED) is 0.599. The maximum atomic E-state index is 12.2. The van der Waals surface area contributed by atoms with Crippen molar-refractivity contribution in [1.29, 1.82) is 5.26 Å². The first-order valence-corrected chi connectivity index (χ1v) is 9.61. The molecule has 0 aliphatic rings. The maximum Gasteiger partial charge on any atom is 0.234 e. The predicted octanol–water partition coefficient (Wildman–Crippen LogP) is 4.89. The van der Waals surface area contributed by atoms with Crippen LogP contribution in [0.15, 0.2) is 53.6 Å². The predicted molar refractivity (Wildman–Crippen MR) is 108 cm³/mol. The van der Waals surface area contributed by atoms with Crippen molar-refractivity contribution >= 4 is 45.9 Å². The van der Waals surface area contributed by atoms with Crippen LogP contribution in [0, 0.1) is 11.3 Å². The first-order valence-electron chi connectivity index (χ1n) is 8.25. The number of amides is 1. The molecular weight excluding hydrogens is 382 g/mol. The average Bonchev–Trinajstić information content (AvgIpc) is 2.66. The number of nitriles is 1. The van der Waals surface area contributed by atoms with E-state index in [0.717, 1.165) is 16.7 Å². The number of benzene rings is 2. The van der Waals surface area contributed by atoms with Gasteiger partial charge in [-0.15, -0.1) is 0 Å². The summed E-state index contributed by atoms with van der Waals surface area (Å²) in [6, 6.07) is 16.4. The SMILES string of the molecule is CCOc1ccc2cc(C#N)c(SCC(=O)Nc3cccc(Cl)c3)nc2c1. The highest BCUT2D eigenvalue weighted by atomic mass is 35.5. The second-order valence-electron chi connectivity index (χ2n) is 5.59. The Balaban J connectivity index is 1.76. The highest BCUT2D eigenvalue weighted by Gasteiger charge is 2.11. The lowest BCUT2D eigenvalue weighted by molar-refractivity contribution is -0.113. The van der Waals surface area contributed by atoms with Gasteiger partial charge in [0.05, 0.1) is 23.4 Å². The van der Waals surface area contributed by atoms with Crippen LogP contribution in [0.25, 0.3) is 10.9 Å². The second-order valence-corrected chi connectivity index (χ2v) is 6.99. The Morgan fingerprint density at radius 2 is 2.15 bits per heavy atom. The summed E-state index contributed by atoms with van der Waals surface area (Å²) in [5.74, 6) is 0.651. The molecule has 1 amide bonds. The molecule has 0 fully saturated rings. The molecule has 7 heteroatoms. The number of pyridine rings is 1. The van der Waals surface area contributed by atoms with Gasteiger partial charge in [0.25, 0.3) is 0 Å². The molecule has 0 saturated carbocycles. The molecule has 0 aliphatic heterocycles. The minimum absolute atomic E-state index is 0.130. The van der Waals surface area contributed by atoms with E-state index in [1.807, 2.05) is 25.1 Å². The van der Waals surface area contributed by atoms with Crippen molar-refractivity contribution in [1.82, 2.24) is 4.98 Å². The molecule has 1 heterocycles. The fourth-order valence-electron chi connectivity index (χ4n) is 2.47. The van der Waals surface area contributed by atoms with Crippen LogP contribution >= 0.6 is 23.4 Å². The molecule has 1 N–H and O–H groups in total. The van der Waals surface area contributed by atoms with Crippen molar-refractivity contribution in [3.8, 4) is 11.8 Å². The number of carbonyl (C=O) groups is 1. The molecule has 1 aromatic heterocycles. The van der Waals surface area contributed by atoms with Gasteiger partial charge >= 0.3 is 0 Å². The molecular formula is C20H16ClN3O2S. The van der Waals surface area contributed by atoms with E-state index in [1.54, 1.807) is 30.3 Å². The Morgan fingerprint density at radius 1 is 1.30 bits per heavy atom. The lowest BCUT2D eigenvalue weighted by Crippen LogP contribution is -2.14. The Kier molecular flexibility index (Phi) is 6.17. The molecule has 5 nitrogen and oxygen atoms in total. The van der Waals surface area contributed by atoms with E-state index in [0.29, 0.717) is 27.9 Å². The van der Waals surface area contributed by atoms with Gasteiger partial charge in [-0.3, -0.25) is 4.79 Å². The van der Waals surface area contributed by atoms with Crippen molar-refractivity contribution in [2.24, 2.45) is 0 Å². The molecule has 3 rings (SSSR count). The van der Waals surface area contributed by atoms with Crippen molar-refractivity contribution in [3.05, 3.63) is 59.1 Å². The fraction of sp³-hybridized carbons (Fsp3) is 0.150. The summed E-state index contributed by atoms with van der Waals surface area (Å²) in [5.41, 5.74) is 1.78. The van der Waals surface area contributed by atoms with E-state index in [1.165, 1.54) is 11.8 Å². The van der Waals surface area contributed by atoms with Gasteiger partial charge < -0.3 is 10.1 Å². The summed E-state index contributed by atoms with van der Waals surface area (Å²) in [6.45, 7) is 2.48. The van der Waals surface area contributed by atoms with Crippen LogP contribution in [0.1, 0.15) is 12.5 Å². The number of nitrogens with zero attached hydrogens (tertiary/aromatic N) is 2. The van der Waals surface area contributed by atoms with Crippen molar-refractivity contribution in [2.75, 3.05) is 17.7 Å². The van der Waals surface area contributed by atoms with Crippen LogP contribution in [0.5, 0.6) is 5.75 Å². The van der Waals surface area contributed by atoms with Crippen LogP contribution in [0.4, 0.5) is 5.69 Å². The molecule has 0 radical (unpaired) electrons. The molecule has 0 unspecified atom stereocenters. The molecule has 0 bridgehead atoms. The topological polar surface area (TPSA) is 75.0 Å². The number of hydrogen-bond acceptors (Lipinski definition) is 5. The molecule has 0 spiro atoms. The van der Waals surface area contributed by atoms with Crippen LogP contribution in [-0.2, 0) is 4.79 Å². The monoisotopic (exact) mass is 397 g/mol. The summed E-state index contributed by atoms with van der Waals surface area (Å²) in [4.78, 5) is 16.7. The minimum Gasteiger partial charge on any atom is -0.494 e. The molecule has 0 aliphatic carbocycles. The number of rotatable bonds is 6. The number of aromatic nitrogens is 1. The molecule has 2 aromatic carbocycles. The van der Waals surface area contributed by atoms with E-state index in [2.05, 4.69) is 16.4 Å². The Hall–Kier alpha value is -2.75. The summed E-state index contributed by atoms with van der Waals surface area (Å²) in [5, 5.41) is 14.1. The number of ether oxygens (including phenoxy) is 1. The Labute approximate surface area is 166 Å². The van der Waals surface area contributed by atoms with E-state index in [4.69, 9.17) is 16.3 Å². The first-order chi connectivity index (χ1) is 13.1. The van der Waals surface area contributed by atoms with Crippen molar-refractivity contribution < 1.29 is 9.53 Å². The number of halogens is 1. The number of hydrogen-bond donors (Lipinski definition) is 1. The van der Waals surface area contributed by atoms with Crippen LogP contribution in [0.3, 0.4) is 0 Å². The average molecular weight is 398 g/mol. The van der Waals surface area contributed by atoms with Gasteiger partial charge in [-0.2, -0.15) is 5.26 Å². The number of nitrogens with one attached hydrogen (secondary N) is 1. The largest absolute Gasteiger partial charge is 0.494 e. The van der Waals surface area contributed by atoms with Gasteiger partial charge in [0.2, 0.25) is 5.91 Å². The normalized spacial score (nSPS) is 10.4. The zero-order valence-corrected chi connectivity index (χ0v) is 16.1. The smallest absolute Gasteiger partial charge is 0.234 e. The van der Waals surface area contributed by atoms with Gasteiger partial charge in [0.15, 0.2) is 0 Å². The number of carbonyl (C=O) groups excluding carboxylic acids is 1. The van der Waals surface area contributed by atoms with E-state index < -0.39 is 0 Å². The first kappa shape index (κ1) is 19.0. The molecule has 0 atom stereocenters. The van der Waals surface area contributed by atoms with Gasteiger partial charge in [-0.05, 0) is 43.3 Å². The van der Waals surface area contributed by atoms with Crippen molar-refractivity contribution in [2.45, 2.75) is 11.9 Å². The lowest BCUT2D eigenvalue weighted by atomic mass is 10.1. The summed E-state index contributed by atoms with van der Waals surface area (Å²) < 4.78 is 5.50. The van der Waals surface area contributed by atoms with Gasteiger partial charge in [-0.25, -0.2) is 4.98 Å². The van der Waals surface area contributed by atoms with E-state index in [-0.39, 0.29) is 11.7 Å². The maximum absolute atomic E-state index is 12.2. The zero-order valence-electron chi connectivity index (χ0n) is 14.5. The summed E-state index contributed by atoms with van der Waals surface area (Å²) in [7, 11) is 0. The Morgan fingerprint density at radius 3 is 2.89 bits per heavy atom. The van der Waals surface area contributed by atoms with E-state index >= 15 is 0 Å². The third kappa shape index (κ3) is 4.91. The van der Waals surface area contributed by atoms with Crippen LogP contribution < -0.4 is 10.1 Å². The fourth-order valence-corrected chi connectivity index (χ4v) is 3.43. The van der Waals surface area contributed by atoms with Crippen LogP contribution in [0.2, 0.25) is 5.02 Å². The minimum atomic E-state index is -0.198. The third-order valence-electron chi connectivity index (χ3n) is 3.63. The number of anilines is 1. The molecule has 27 heavy (non-hydrogen) atoms. The highest BCUT2D eigenvalue weighted by Crippen LogP contribution is 2.27. The van der Waals surface area contributed by atoms with Crippen LogP contribution in [-0.4, -0.2) is 23.3 Å². The standard InChI is InChI=1S/C20H16ClN3O2S/c1-2-26-17-7-6-13-8-14(11-22)20(24-18(13)10-17)27-12-19(25)23-16-5-3-4-15(21)9-16/h3-10H,2,12H2,1H3,(H,23,25). The van der Waals surface area contributed by atoms with Gasteiger partial charge in [0, 0.05) is 22.2 Å². The summed E-state index contributed by atoms with van der Waals surface area (Å²) >= 11 is 7.14. The van der Waals surface area contributed by atoms with Gasteiger partial charge in [-0.1, -0.05) is 29.4 Å². The van der Waals surface area contributed by atoms with E-state index in [9.17, 15) is 10.1 Å². The zero-order chi connectivity index (χ0) is 19.2. The second kappa shape index (κ2) is 8.76. The molecule has 0 saturated heterocycles. The Bertz CT molecular complexity index is 1030. The highest BCUT2D eigenvalue weighted by molar-refractivity contribution is 8.00. The number of thioether (sulfide) groups is 1.